The average Bonchev–Trinajstić information content (AvgIpc) is 2.98. The van der Waals surface area contributed by atoms with Crippen LogP contribution in [-0.4, -0.2) is 16.7 Å². The van der Waals surface area contributed by atoms with Gasteiger partial charge in [0.1, 0.15) is 5.60 Å². The van der Waals surface area contributed by atoms with Crippen molar-refractivity contribution in [2.75, 3.05) is 6.61 Å². The van der Waals surface area contributed by atoms with Crippen LogP contribution in [0.15, 0.2) is 4.52 Å². The highest BCUT2D eigenvalue weighted by atomic mass is 16.5. The van der Waals surface area contributed by atoms with E-state index in [4.69, 9.17) is 15.0 Å². The lowest BCUT2D eigenvalue weighted by Crippen LogP contribution is -2.27. The summed E-state index contributed by atoms with van der Waals surface area (Å²) in [5, 5.41) is 4.10. The van der Waals surface area contributed by atoms with Gasteiger partial charge in [-0.2, -0.15) is 4.98 Å². The molecule has 102 valence electrons. The summed E-state index contributed by atoms with van der Waals surface area (Å²) in [4.78, 5) is 4.47. The third-order valence-electron chi connectivity index (χ3n) is 3.60. The summed E-state index contributed by atoms with van der Waals surface area (Å²) in [5.41, 5.74) is 5.67. The molecule has 1 aliphatic carbocycles. The van der Waals surface area contributed by atoms with Crippen LogP contribution in [0.3, 0.4) is 0 Å². The topological polar surface area (TPSA) is 74.2 Å². The first kappa shape index (κ1) is 13.5. The molecule has 0 unspecified atom stereocenters. The van der Waals surface area contributed by atoms with Gasteiger partial charge in [0.25, 0.3) is 0 Å². The summed E-state index contributed by atoms with van der Waals surface area (Å²) in [6.45, 7) is 4.77. The molecule has 2 rings (SSSR count). The molecular formula is C13H23N3O2. The van der Waals surface area contributed by atoms with Gasteiger partial charge >= 0.3 is 0 Å². The molecule has 1 atom stereocenters. The van der Waals surface area contributed by atoms with E-state index in [1.54, 1.807) is 0 Å². The van der Waals surface area contributed by atoms with Gasteiger partial charge in [0.2, 0.25) is 11.7 Å². The minimum absolute atomic E-state index is 0.156. The summed E-state index contributed by atoms with van der Waals surface area (Å²) in [6.07, 6.45) is 6.14. The SMILES string of the molecule is CCC[C@H](N)c1nc(C2(OCC)CCCC2)no1. The number of nitrogens with zero attached hydrogens (tertiary/aromatic N) is 2. The second kappa shape index (κ2) is 5.80. The maximum absolute atomic E-state index is 6.00. The Morgan fingerprint density at radius 3 is 2.72 bits per heavy atom. The Labute approximate surface area is 108 Å². The van der Waals surface area contributed by atoms with Crippen molar-refractivity contribution in [3.63, 3.8) is 0 Å². The molecule has 0 aliphatic heterocycles. The molecule has 1 saturated carbocycles. The molecule has 1 fully saturated rings. The largest absolute Gasteiger partial charge is 0.367 e. The highest BCUT2D eigenvalue weighted by Crippen LogP contribution is 2.40. The first-order chi connectivity index (χ1) is 8.72. The molecule has 1 aromatic heterocycles. The number of rotatable bonds is 6. The summed E-state index contributed by atoms with van der Waals surface area (Å²) in [7, 11) is 0. The summed E-state index contributed by atoms with van der Waals surface area (Å²) < 4.78 is 11.2. The summed E-state index contributed by atoms with van der Waals surface area (Å²) in [5.74, 6) is 1.22. The molecule has 2 N–H and O–H groups in total. The standard InChI is InChI=1S/C13H23N3O2/c1-3-7-10(14)11-15-12(16-18-11)13(17-4-2)8-5-6-9-13/h10H,3-9,14H2,1-2H3/t10-/m0/s1. The third-order valence-corrected chi connectivity index (χ3v) is 3.60. The van der Waals surface area contributed by atoms with E-state index in [9.17, 15) is 0 Å². The molecule has 1 aliphatic rings. The van der Waals surface area contributed by atoms with Gasteiger partial charge in [0.15, 0.2) is 0 Å². The van der Waals surface area contributed by atoms with Gasteiger partial charge in [0.05, 0.1) is 6.04 Å². The van der Waals surface area contributed by atoms with Gasteiger partial charge in [-0.15, -0.1) is 0 Å². The lowest BCUT2D eigenvalue weighted by atomic mass is 10.0. The number of hydrogen-bond donors (Lipinski definition) is 1. The third kappa shape index (κ3) is 2.57. The quantitative estimate of drug-likeness (QED) is 0.843. The van der Waals surface area contributed by atoms with Crippen molar-refractivity contribution in [3.8, 4) is 0 Å². The molecule has 0 bridgehead atoms. The van der Waals surface area contributed by atoms with Crippen molar-refractivity contribution in [2.45, 2.75) is 64.0 Å². The molecule has 18 heavy (non-hydrogen) atoms. The van der Waals surface area contributed by atoms with Crippen molar-refractivity contribution in [3.05, 3.63) is 11.7 Å². The first-order valence-electron chi connectivity index (χ1n) is 6.95. The van der Waals surface area contributed by atoms with E-state index in [-0.39, 0.29) is 11.6 Å². The van der Waals surface area contributed by atoms with Crippen molar-refractivity contribution in [1.29, 1.82) is 0 Å². The highest BCUT2D eigenvalue weighted by molar-refractivity contribution is 5.05. The number of nitrogens with two attached hydrogens (primary N) is 1. The maximum Gasteiger partial charge on any atom is 0.243 e. The molecule has 0 radical (unpaired) electrons. The van der Waals surface area contributed by atoms with Crippen LogP contribution < -0.4 is 5.73 Å². The van der Waals surface area contributed by atoms with Crippen LogP contribution in [0, 0.1) is 0 Å². The lowest BCUT2D eigenvalue weighted by molar-refractivity contribution is -0.0469. The Bertz CT molecular complexity index is 372. The van der Waals surface area contributed by atoms with E-state index in [1.807, 2.05) is 6.92 Å². The average molecular weight is 253 g/mol. The Morgan fingerprint density at radius 1 is 1.39 bits per heavy atom. The van der Waals surface area contributed by atoms with Crippen LogP contribution in [0.25, 0.3) is 0 Å². The van der Waals surface area contributed by atoms with Gasteiger partial charge < -0.3 is 15.0 Å². The van der Waals surface area contributed by atoms with Crippen LogP contribution >= 0.6 is 0 Å². The van der Waals surface area contributed by atoms with Gasteiger partial charge in [-0.05, 0) is 39.0 Å². The molecule has 0 spiro atoms. The summed E-state index contributed by atoms with van der Waals surface area (Å²) >= 11 is 0. The van der Waals surface area contributed by atoms with Gasteiger partial charge in [-0.25, -0.2) is 0 Å². The zero-order valence-corrected chi connectivity index (χ0v) is 11.3. The number of hydrogen-bond acceptors (Lipinski definition) is 5. The molecule has 1 heterocycles. The molecule has 5 heteroatoms. The van der Waals surface area contributed by atoms with E-state index in [0.29, 0.717) is 18.3 Å². The minimum atomic E-state index is -0.331. The van der Waals surface area contributed by atoms with Crippen molar-refractivity contribution in [1.82, 2.24) is 10.1 Å². The Kier molecular flexibility index (Phi) is 4.35. The van der Waals surface area contributed by atoms with Crippen molar-refractivity contribution >= 4 is 0 Å². The van der Waals surface area contributed by atoms with Crippen LogP contribution in [0.2, 0.25) is 0 Å². The predicted octanol–water partition coefficient (Wildman–Crippen LogP) is 2.68. The minimum Gasteiger partial charge on any atom is -0.367 e. The fourth-order valence-electron chi connectivity index (χ4n) is 2.66. The van der Waals surface area contributed by atoms with Gasteiger partial charge in [-0.3, -0.25) is 0 Å². The molecule has 0 aromatic carbocycles. The molecular weight excluding hydrogens is 230 g/mol. The molecule has 1 aromatic rings. The Morgan fingerprint density at radius 2 is 2.11 bits per heavy atom. The van der Waals surface area contributed by atoms with Gasteiger partial charge in [-0.1, -0.05) is 18.5 Å². The highest BCUT2D eigenvalue weighted by Gasteiger charge is 2.41. The Hall–Kier alpha value is -0.940. The summed E-state index contributed by atoms with van der Waals surface area (Å²) in [6, 6.07) is -0.156. The fourth-order valence-corrected chi connectivity index (χ4v) is 2.66. The van der Waals surface area contributed by atoms with Crippen molar-refractivity contribution in [2.24, 2.45) is 5.73 Å². The van der Waals surface area contributed by atoms with Crippen LogP contribution in [-0.2, 0) is 10.3 Å². The normalized spacial score (nSPS) is 20.2. The van der Waals surface area contributed by atoms with E-state index < -0.39 is 0 Å². The Balaban J connectivity index is 2.16. The second-order valence-electron chi connectivity index (χ2n) is 4.99. The molecule has 0 amide bonds. The predicted molar refractivity (Wildman–Crippen MR) is 67.9 cm³/mol. The van der Waals surface area contributed by atoms with E-state index in [1.165, 1.54) is 0 Å². The van der Waals surface area contributed by atoms with Crippen LogP contribution in [0.1, 0.15) is 70.1 Å². The smallest absolute Gasteiger partial charge is 0.243 e. The lowest BCUT2D eigenvalue weighted by Gasteiger charge is -2.24. The van der Waals surface area contributed by atoms with E-state index >= 15 is 0 Å². The van der Waals surface area contributed by atoms with Gasteiger partial charge in [0, 0.05) is 6.61 Å². The molecule has 0 saturated heterocycles. The number of ether oxygens (including phenoxy) is 1. The first-order valence-corrected chi connectivity index (χ1v) is 6.95. The van der Waals surface area contributed by atoms with Crippen LogP contribution in [0.5, 0.6) is 0 Å². The molecule has 5 nitrogen and oxygen atoms in total. The van der Waals surface area contributed by atoms with Crippen LogP contribution in [0.4, 0.5) is 0 Å². The zero-order valence-electron chi connectivity index (χ0n) is 11.3. The number of aromatic nitrogens is 2. The second-order valence-corrected chi connectivity index (χ2v) is 4.99. The fraction of sp³-hybridized carbons (Fsp3) is 0.846. The van der Waals surface area contributed by atoms with E-state index in [0.717, 1.165) is 38.5 Å². The van der Waals surface area contributed by atoms with Crippen molar-refractivity contribution < 1.29 is 9.26 Å². The monoisotopic (exact) mass is 253 g/mol. The zero-order chi connectivity index (χ0) is 13.0. The van der Waals surface area contributed by atoms with E-state index in [2.05, 4.69) is 17.1 Å². The maximum atomic E-state index is 6.00.